The molecular formula is C17H31N5O. The highest BCUT2D eigenvalue weighted by Gasteiger charge is 2.11. The first kappa shape index (κ1) is 17.8. The Hall–Kier alpha value is -1.56. The molecule has 0 aromatic carbocycles. The van der Waals surface area contributed by atoms with Crippen molar-refractivity contribution in [3.63, 3.8) is 0 Å². The van der Waals surface area contributed by atoms with E-state index >= 15 is 0 Å². The van der Waals surface area contributed by atoms with Crippen molar-refractivity contribution >= 4 is 5.96 Å². The van der Waals surface area contributed by atoms with E-state index in [9.17, 15) is 0 Å². The van der Waals surface area contributed by atoms with Crippen molar-refractivity contribution in [2.45, 2.75) is 58.1 Å². The summed E-state index contributed by atoms with van der Waals surface area (Å²) in [5, 5.41) is 6.61. The number of aliphatic imine (C=N–C) groups is 1. The van der Waals surface area contributed by atoms with Crippen molar-refractivity contribution in [2.75, 3.05) is 26.2 Å². The summed E-state index contributed by atoms with van der Waals surface area (Å²) in [6, 6.07) is 0. The minimum Gasteiger partial charge on any atom is -0.376 e. The predicted octanol–water partition coefficient (Wildman–Crippen LogP) is 2.18. The zero-order valence-corrected chi connectivity index (χ0v) is 14.3. The van der Waals surface area contributed by atoms with Crippen LogP contribution in [-0.4, -0.2) is 47.9 Å². The van der Waals surface area contributed by atoms with Crippen molar-refractivity contribution in [1.29, 1.82) is 0 Å². The number of ether oxygens (including phenoxy) is 1. The number of guanidine groups is 1. The summed E-state index contributed by atoms with van der Waals surface area (Å²) in [7, 11) is 0. The van der Waals surface area contributed by atoms with E-state index in [1.807, 2.05) is 17.1 Å². The van der Waals surface area contributed by atoms with Crippen LogP contribution in [0.5, 0.6) is 0 Å². The average molecular weight is 321 g/mol. The number of nitrogens with one attached hydrogen (secondary N) is 2. The molecule has 1 aliphatic rings. The quantitative estimate of drug-likeness (QED) is 0.333. The lowest BCUT2D eigenvalue weighted by Gasteiger charge is -2.15. The van der Waals surface area contributed by atoms with E-state index in [0.29, 0.717) is 19.3 Å². The highest BCUT2D eigenvalue weighted by atomic mass is 16.5. The van der Waals surface area contributed by atoms with E-state index in [2.05, 4.69) is 27.5 Å². The van der Waals surface area contributed by atoms with Crippen LogP contribution in [-0.2, 0) is 11.3 Å². The Balaban J connectivity index is 1.63. The number of imidazole rings is 1. The minimum absolute atomic E-state index is 0.449. The molecule has 1 heterocycles. The van der Waals surface area contributed by atoms with Gasteiger partial charge in [0.25, 0.3) is 0 Å². The zero-order chi connectivity index (χ0) is 16.2. The highest BCUT2D eigenvalue weighted by molar-refractivity contribution is 5.79. The van der Waals surface area contributed by atoms with Gasteiger partial charge < -0.3 is 19.9 Å². The van der Waals surface area contributed by atoms with Gasteiger partial charge in [0, 0.05) is 32.0 Å². The first-order valence-corrected chi connectivity index (χ1v) is 8.98. The molecule has 0 spiro atoms. The third-order valence-corrected chi connectivity index (χ3v) is 4.08. The molecule has 6 heteroatoms. The molecule has 0 unspecified atom stereocenters. The maximum absolute atomic E-state index is 5.98. The summed E-state index contributed by atoms with van der Waals surface area (Å²) in [4.78, 5) is 8.63. The molecule has 23 heavy (non-hydrogen) atoms. The van der Waals surface area contributed by atoms with Crippen LogP contribution in [0.25, 0.3) is 0 Å². The fraction of sp³-hybridized carbons (Fsp3) is 0.765. The van der Waals surface area contributed by atoms with E-state index in [1.54, 1.807) is 6.20 Å². The van der Waals surface area contributed by atoms with Gasteiger partial charge in [0.15, 0.2) is 5.96 Å². The highest BCUT2D eigenvalue weighted by Crippen LogP contribution is 2.19. The normalized spacial score (nSPS) is 17.0. The number of nitrogens with zero attached hydrogens (tertiary/aromatic N) is 3. The zero-order valence-electron chi connectivity index (χ0n) is 14.3. The first-order valence-electron chi connectivity index (χ1n) is 8.98. The van der Waals surface area contributed by atoms with Crippen molar-refractivity contribution in [2.24, 2.45) is 4.99 Å². The largest absolute Gasteiger partial charge is 0.376 e. The van der Waals surface area contributed by atoms with Gasteiger partial charge >= 0.3 is 0 Å². The molecule has 2 N–H and O–H groups in total. The van der Waals surface area contributed by atoms with Crippen LogP contribution in [0.3, 0.4) is 0 Å². The monoisotopic (exact) mass is 321 g/mol. The first-order chi connectivity index (χ1) is 11.4. The summed E-state index contributed by atoms with van der Waals surface area (Å²) >= 11 is 0. The van der Waals surface area contributed by atoms with Crippen molar-refractivity contribution in [3.8, 4) is 0 Å². The van der Waals surface area contributed by atoms with E-state index in [0.717, 1.165) is 25.6 Å². The Morgan fingerprint density at radius 1 is 1.26 bits per heavy atom. The molecule has 1 saturated carbocycles. The molecule has 2 rings (SSSR count). The summed E-state index contributed by atoms with van der Waals surface area (Å²) in [6.07, 6.45) is 13.8. The van der Waals surface area contributed by atoms with Gasteiger partial charge in [-0.05, 0) is 19.8 Å². The number of rotatable bonds is 8. The van der Waals surface area contributed by atoms with Gasteiger partial charge in [-0.1, -0.05) is 25.7 Å². The molecule has 0 amide bonds. The Labute approximate surface area is 139 Å². The van der Waals surface area contributed by atoms with Gasteiger partial charge in [0.1, 0.15) is 0 Å². The van der Waals surface area contributed by atoms with Gasteiger partial charge in [-0.2, -0.15) is 0 Å². The van der Waals surface area contributed by atoms with E-state index in [-0.39, 0.29) is 0 Å². The molecule has 6 nitrogen and oxygen atoms in total. The average Bonchev–Trinajstić information content (AvgIpc) is 2.94. The molecule has 0 saturated heterocycles. The Morgan fingerprint density at radius 2 is 2.09 bits per heavy atom. The van der Waals surface area contributed by atoms with Crippen LogP contribution < -0.4 is 10.6 Å². The smallest absolute Gasteiger partial charge is 0.191 e. The maximum atomic E-state index is 5.98. The van der Waals surface area contributed by atoms with Crippen LogP contribution in [0.4, 0.5) is 0 Å². The molecule has 1 aromatic rings. The van der Waals surface area contributed by atoms with Crippen LogP contribution in [0.1, 0.15) is 45.4 Å². The van der Waals surface area contributed by atoms with Gasteiger partial charge in [-0.25, -0.2) is 4.98 Å². The number of aromatic nitrogens is 2. The second-order valence-corrected chi connectivity index (χ2v) is 5.97. The topological polar surface area (TPSA) is 63.5 Å². The van der Waals surface area contributed by atoms with Crippen molar-refractivity contribution in [3.05, 3.63) is 18.7 Å². The molecule has 130 valence electrons. The molecule has 1 aromatic heterocycles. The van der Waals surface area contributed by atoms with Crippen LogP contribution in [0.2, 0.25) is 0 Å². The molecule has 1 fully saturated rings. The van der Waals surface area contributed by atoms with E-state index in [4.69, 9.17) is 4.74 Å². The third kappa shape index (κ3) is 7.50. The Bertz CT molecular complexity index is 424. The molecule has 1 aliphatic carbocycles. The lowest BCUT2D eigenvalue weighted by Crippen LogP contribution is -2.39. The molecule has 0 aliphatic heterocycles. The SMILES string of the molecule is CCNC(=NCCOC1CCCCCC1)NCCn1ccnc1. The fourth-order valence-corrected chi connectivity index (χ4v) is 2.85. The van der Waals surface area contributed by atoms with Crippen molar-refractivity contribution < 1.29 is 4.74 Å². The Kier molecular flexibility index (Phi) is 8.55. The third-order valence-electron chi connectivity index (χ3n) is 4.08. The van der Waals surface area contributed by atoms with E-state index < -0.39 is 0 Å². The summed E-state index contributed by atoms with van der Waals surface area (Å²) in [5.41, 5.74) is 0. The summed E-state index contributed by atoms with van der Waals surface area (Å²) < 4.78 is 8.03. The number of hydrogen-bond acceptors (Lipinski definition) is 3. The predicted molar refractivity (Wildman–Crippen MR) is 93.7 cm³/mol. The van der Waals surface area contributed by atoms with Gasteiger partial charge in [0.2, 0.25) is 0 Å². The maximum Gasteiger partial charge on any atom is 0.191 e. The number of hydrogen-bond donors (Lipinski definition) is 2. The second-order valence-electron chi connectivity index (χ2n) is 5.97. The van der Waals surface area contributed by atoms with Gasteiger partial charge in [0.05, 0.1) is 25.6 Å². The van der Waals surface area contributed by atoms with Crippen LogP contribution in [0, 0.1) is 0 Å². The Morgan fingerprint density at radius 3 is 2.78 bits per heavy atom. The lowest BCUT2D eigenvalue weighted by molar-refractivity contribution is 0.0487. The molecule has 0 bridgehead atoms. The second kappa shape index (κ2) is 11.0. The summed E-state index contributed by atoms with van der Waals surface area (Å²) in [5.74, 6) is 0.858. The van der Waals surface area contributed by atoms with Crippen LogP contribution in [0.15, 0.2) is 23.7 Å². The standard InChI is InChI=1S/C17H31N5O/c1-2-19-17(20-10-13-22-12-9-18-15-22)21-11-14-23-16-7-5-3-4-6-8-16/h9,12,15-16H,2-8,10-11,13-14H2,1H3,(H2,19,20,21). The van der Waals surface area contributed by atoms with Crippen molar-refractivity contribution in [1.82, 2.24) is 20.2 Å². The lowest BCUT2D eigenvalue weighted by atomic mass is 10.1. The fourth-order valence-electron chi connectivity index (χ4n) is 2.85. The van der Waals surface area contributed by atoms with Gasteiger partial charge in [-0.15, -0.1) is 0 Å². The van der Waals surface area contributed by atoms with Crippen LogP contribution >= 0.6 is 0 Å². The van der Waals surface area contributed by atoms with E-state index in [1.165, 1.54) is 38.5 Å². The molecular weight excluding hydrogens is 290 g/mol. The van der Waals surface area contributed by atoms with Gasteiger partial charge in [-0.3, -0.25) is 4.99 Å². The molecule has 0 atom stereocenters. The minimum atomic E-state index is 0.449. The summed E-state index contributed by atoms with van der Waals surface area (Å²) in [6.45, 7) is 6.06. The molecule has 0 radical (unpaired) electrons.